The molecule has 4 atom stereocenters. The molecule has 35 heavy (non-hydrogen) atoms. The fraction of sp³-hybridized carbons (Fsp3) is 0.333. The van der Waals surface area contributed by atoms with Crippen LogP contribution in [-0.2, 0) is 22.6 Å². The smallest absolute Gasteiger partial charge is 0.184 e. The minimum Gasteiger partial charge on any atom is -0.392 e. The second-order valence-electron chi connectivity index (χ2n) is 9.36. The maximum Gasteiger partial charge on any atom is 0.184 e. The third-order valence-corrected chi connectivity index (χ3v) is 6.71. The van der Waals surface area contributed by atoms with Crippen LogP contribution in [0.2, 0.25) is 0 Å². The van der Waals surface area contributed by atoms with E-state index in [1.54, 1.807) is 0 Å². The highest BCUT2D eigenvalue weighted by molar-refractivity contribution is 5.65. The first kappa shape index (κ1) is 25.3. The van der Waals surface area contributed by atoms with E-state index in [4.69, 9.17) is 15.2 Å². The molecule has 4 unspecified atom stereocenters. The minimum absolute atomic E-state index is 0.0227. The SMILES string of the molecule is C=CCN(C)CC1OC(c2cccc(-c3cccc(CN)c3)c2)OC(c2ccc(CO)cc2)C1C. The summed E-state index contributed by atoms with van der Waals surface area (Å²) in [7, 11) is 2.08. The van der Waals surface area contributed by atoms with Crippen molar-refractivity contribution in [2.24, 2.45) is 11.7 Å². The Morgan fingerprint density at radius 3 is 2.34 bits per heavy atom. The Morgan fingerprint density at radius 2 is 1.66 bits per heavy atom. The molecule has 0 radical (unpaired) electrons. The van der Waals surface area contributed by atoms with E-state index in [2.05, 4.69) is 61.8 Å². The number of nitrogens with zero attached hydrogens (tertiary/aromatic N) is 1. The van der Waals surface area contributed by atoms with Crippen LogP contribution in [0.15, 0.2) is 85.5 Å². The lowest BCUT2D eigenvalue weighted by Crippen LogP contribution is -2.43. The van der Waals surface area contributed by atoms with Gasteiger partial charge in [0, 0.05) is 31.1 Å². The Bertz CT molecular complexity index is 1110. The zero-order valence-electron chi connectivity index (χ0n) is 20.6. The van der Waals surface area contributed by atoms with Gasteiger partial charge < -0.3 is 25.2 Å². The average molecular weight is 473 g/mol. The summed E-state index contributed by atoms with van der Waals surface area (Å²) in [5.41, 5.74) is 12.1. The molecule has 184 valence electrons. The number of hydrogen-bond acceptors (Lipinski definition) is 5. The average Bonchev–Trinajstić information content (AvgIpc) is 2.90. The summed E-state index contributed by atoms with van der Waals surface area (Å²) in [5, 5.41) is 9.45. The standard InChI is InChI=1S/C30H36N2O3/c1-4-15-32(3)19-28-21(2)29(24-13-11-22(20-33)12-14-24)35-30(34-28)27-10-6-9-26(17-27)25-8-5-7-23(16-25)18-31/h4-14,16-17,21,28-30,33H,1,15,18-20,31H2,2-3H3. The van der Waals surface area contributed by atoms with Crippen molar-refractivity contribution < 1.29 is 14.6 Å². The van der Waals surface area contributed by atoms with Crippen LogP contribution >= 0.6 is 0 Å². The maximum absolute atomic E-state index is 9.45. The van der Waals surface area contributed by atoms with Gasteiger partial charge in [0.05, 0.1) is 18.8 Å². The molecule has 3 aromatic rings. The molecule has 1 fully saturated rings. The van der Waals surface area contributed by atoms with E-state index in [9.17, 15) is 5.11 Å². The van der Waals surface area contributed by atoms with Gasteiger partial charge in [-0.15, -0.1) is 6.58 Å². The Hall–Kier alpha value is -2.80. The molecule has 1 aliphatic heterocycles. The van der Waals surface area contributed by atoms with E-state index in [1.807, 2.05) is 42.5 Å². The zero-order chi connectivity index (χ0) is 24.8. The van der Waals surface area contributed by atoms with E-state index in [-0.39, 0.29) is 24.7 Å². The predicted molar refractivity (Wildman–Crippen MR) is 140 cm³/mol. The molecule has 4 rings (SSSR count). The van der Waals surface area contributed by atoms with Crippen molar-refractivity contribution in [2.45, 2.75) is 38.6 Å². The first-order chi connectivity index (χ1) is 17.0. The van der Waals surface area contributed by atoms with Crippen molar-refractivity contribution in [1.82, 2.24) is 4.90 Å². The molecule has 1 saturated heterocycles. The highest BCUT2D eigenvalue weighted by Gasteiger charge is 2.38. The van der Waals surface area contributed by atoms with Crippen LogP contribution < -0.4 is 5.73 Å². The molecule has 3 aromatic carbocycles. The normalized spacial score (nSPS) is 22.3. The lowest BCUT2D eigenvalue weighted by molar-refractivity contribution is -0.275. The second-order valence-corrected chi connectivity index (χ2v) is 9.36. The number of benzene rings is 3. The zero-order valence-corrected chi connectivity index (χ0v) is 20.6. The summed E-state index contributed by atoms with van der Waals surface area (Å²) in [6, 6.07) is 24.7. The number of aliphatic hydroxyl groups excluding tert-OH is 1. The predicted octanol–water partition coefficient (Wildman–Crippen LogP) is 5.21. The first-order valence-corrected chi connectivity index (χ1v) is 12.2. The highest BCUT2D eigenvalue weighted by atomic mass is 16.7. The molecule has 0 aromatic heterocycles. The second kappa shape index (κ2) is 11.8. The molecular formula is C30H36N2O3. The highest BCUT2D eigenvalue weighted by Crippen LogP contribution is 2.42. The lowest BCUT2D eigenvalue weighted by atomic mass is 9.90. The summed E-state index contributed by atoms with van der Waals surface area (Å²) in [6.07, 6.45) is 1.26. The molecule has 0 bridgehead atoms. The summed E-state index contributed by atoms with van der Waals surface area (Å²) >= 11 is 0. The third-order valence-electron chi connectivity index (χ3n) is 6.71. The molecule has 1 aliphatic rings. The van der Waals surface area contributed by atoms with Crippen molar-refractivity contribution in [2.75, 3.05) is 20.1 Å². The molecule has 0 spiro atoms. The largest absolute Gasteiger partial charge is 0.392 e. The van der Waals surface area contributed by atoms with Crippen LogP contribution in [0.1, 0.15) is 41.6 Å². The van der Waals surface area contributed by atoms with Gasteiger partial charge in [-0.1, -0.05) is 73.7 Å². The van der Waals surface area contributed by atoms with Crippen LogP contribution in [0, 0.1) is 5.92 Å². The Kier molecular flexibility index (Phi) is 8.50. The van der Waals surface area contributed by atoms with Gasteiger partial charge in [0.15, 0.2) is 6.29 Å². The number of hydrogen-bond donors (Lipinski definition) is 2. The summed E-state index contributed by atoms with van der Waals surface area (Å²) in [6.45, 7) is 8.16. The van der Waals surface area contributed by atoms with Crippen molar-refractivity contribution >= 4 is 0 Å². The van der Waals surface area contributed by atoms with Crippen molar-refractivity contribution in [3.63, 3.8) is 0 Å². The quantitative estimate of drug-likeness (QED) is 0.418. The Labute approximate surface area is 208 Å². The minimum atomic E-state index is -0.492. The molecule has 5 heteroatoms. The van der Waals surface area contributed by atoms with E-state index in [1.165, 1.54) is 0 Å². The van der Waals surface area contributed by atoms with Crippen molar-refractivity contribution in [3.05, 3.63) is 108 Å². The number of likely N-dealkylation sites (N-methyl/N-ethyl adjacent to an activating group) is 1. The van der Waals surface area contributed by atoms with Crippen LogP contribution in [-0.4, -0.2) is 36.2 Å². The van der Waals surface area contributed by atoms with Gasteiger partial charge in [-0.25, -0.2) is 0 Å². The van der Waals surface area contributed by atoms with Gasteiger partial charge >= 0.3 is 0 Å². The lowest BCUT2D eigenvalue weighted by Gasteiger charge is -2.42. The van der Waals surface area contributed by atoms with Crippen LogP contribution in [0.4, 0.5) is 0 Å². The Morgan fingerprint density at radius 1 is 0.943 bits per heavy atom. The monoisotopic (exact) mass is 472 g/mol. The molecule has 0 amide bonds. The Balaban J connectivity index is 1.65. The third kappa shape index (κ3) is 6.07. The number of nitrogens with two attached hydrogens (primary N) is 1. The van der Waals surface area contributed by atoms with Gasteiger partial charge in [0.1, 0.15) is 0 Å². The molecule has 5 nitrogen and oxygen atoms in total. The van der Waals surface area contributed by atoms with Gasteiger partial charge in [-0.3, -0.25) is 0 Å². The maximum atomic E-state index is 9.45. The summed E-state index contributed by atoms with van der Waals surface area (Å²) < 4.78 is 13.2. The fourth-order valence-corrected chi connectivity index (χ4v) is 4.67. The van der Waals surface area contributed by atoms with E-state index < -0.39 is 6.29 Å². The van der Waals surface area contributed by atoms with E-state index >= 15 is 0 Å². The molecule has 0 aliphatic carbocycles. The number of ether oxygens (including phenoxy) is 2. The van der Waals surface area contributed by atoms with Crippen LogP contribution in [0.3, 0.4) is 0 Å². The van der Waals surface area contributed by atoms with Gasteiger partial charge in [-0.2, -0.15) is 0 Å². The first-order valence-electron chi connectivity index (χ1n) is 12.2. The van der Waals surface area contributed by atoms with Crippen LogP contribution in [0.5, 0.6) is 0 Å². The van der Waals surface area contributed by atoms with E-state index in [0.717, 1.165) is 46.5 Å². The molecule has 1 heterocycles. The summed E-state index contributed by atoms with van der Waals surface area (Å²) in [4.78, 5) is 2.22. The van der Waals surface area contributed by atoms with E-state index in [0.29, 0.717) is 6.54 Å². The molecule has 3 N–H and O–H groups in total. The molecular weight excluding hydrogens is 436 g/mol. The van der Waals surface area contributed by atoms with Crippen LogP contribution in [0.25, 0.3) is 11.1 Å². The van der Waals surface area contributed by atoms with Crippen molar-refractivity contribution in [3.8, 4) is 11.1 Å². The van der Waals surface area contributed by atoms with Gasteiger partial charge in [0.2, 0.25) is 0 Å². The van der Waals surface area contributed by atoms with Crippen molar-refractivity contribution in [1.29, 1.82) is 0 Å². The number of rotatable bonds is 9. The van der Waals surface area contributed by atoms with Gasteiger partial charge in [-0.05, 0) is 47.0 Å². The fourth-order valence-electron chi connectivity index (χ4n) is 4.67. The molecule has 0 saturated carbocycles. The number of aliphatic hydroxyl groups is 1. The summed E-state index contributed by atoms with van der Waals surface area (Å²) in [5.74, 6) is 0.142. The van der Waals surface area contributed by atoms with Gasteiger partial charge in [0.25, 0.3) is 0 Å². The topological polar surface area (TPSA) is 68.0 Å².